The highest BCUT2D eigenvalue weighted by molar-refractivity contribution is 6.21. The van der Waals surface area contributed by atoms with Crippen molar-refractivity contribution in [3.63, 3.8) is 0 Å². The van der Waals surface area contributed by atoms with Crippen molar-refractivity contribution in [3.05, 3.63) is 35.4 Å². The molecule has 1 unspecified atom stereocenters. The molecule has 1 aromatic carbocycles. The molecule has 2 amide bonds. The van der Waals surface area contributed by atoms with Crippen LogP contribution in [0.25, 0.3) is 0 Å². The van der Waals surface area contributed by atoms with Crippen LogP contribution in [0.15, 0.2) is 24.3 Å². The summed E-state index contributed by atoms with van der Waals surface area (Å²) in [5.74, 6) is -0.355. The number of ether oxygens (including phenoxy) is 1. The molecule has 4 heteroatoms. The van der Waals surface area contributed by atoms with E-state index in [9.17, 15) is 9.59 Å². The Morgan fingerprint density at radius 2 is 1.65 bits per heavy atom. The average Bonchev–Trinajstić information content (AvgIpc) is 3.08. The van der Waals surface area contributed by atoms with Gasteiger partial charge in [-0.15, -0.1) is 0 Å². The Hall–Kier alpha value is -1.68. The van der Waals surface area contributed by atoms with Crippen molar-refractivity contribution in [3.8, 4) is 0 Å². The van der Waals surface area contributed by atoms with E-state index in [1.807, 2.05) is 0 Å². The van der Waals surface area contributed by atoms with E-state index in [2.05, 4.69) is 6.92 Å². The smallest absolute Gasteiger partial charge is 0.261 e. The number of carbonyl (C=O) groups excluding carboxylic acids is 2. The van der Waals surface area contributed by atoms with Crippen LogP contribution in [-0.2, 0) is 4.74 Å². The normalized spacial score (nSPS) is 20.8. The standard InChI is InChI=1S/C10H9NO2.C3H6O/c1-2-11-9(12)7-5-3-4-6-8(7)10(11)13;1-3-2-4-3/h3-6H,2H2,1H3;3H,2H2,1H3. The Bertz CT molecular complexity index is 417. The maximum Gasteiger partial charge on any atom is 0.261 e. The third kappa shape index (κ3) is 2.36. The molecule has 2 aliphatic heterocycles. The largest absolute Gasteiger partial charge is 0.373 e. The van der Waals surface area contributed by atoms with Crippen LogP contribution in [0.4, 0.5) is 0 Å². The zero-order valence-corrected chi connectivity index (χ0v) is 9.97. The molecule has 2 heterocycles. The first kappa shape index (κ1) is 11.8. The van der Waals surface area contributed by atoms with Gasteiger partial charge < -0.3 is 4.74 Å². The predicted octanol–water partition coefficient (Wildman–Crippen LogP) is 1.71. The fraction of sp³-hybridized carbons (Fsp3) is 0.385. The van der Waals surface area contributed by atoms with Crippen molar-refractivity contribution in [1.29, 1.82) is 0 Å². The van der Waals surface area contributed by atoms with Gasteiger partial charge in [-0.2, -0.15) is 0 Å². The SMILES string of the molecule is CC1CO1.CCN1C(=O)c2ccccc2C1=O. The molecule has 0 spiro atoms. The van der Waals surface area contributed by atoms with Crippen LogP contribution >= 0.6 is 0 Å². The molecule has 0 saturated carbocycles. The average molecular weight is 233 g/mol. The molecule has 3 rings (SSSR count). The van der Waals surface area contributed by atoms with Crippen LogP contribution in [0.2, 0.25) is 0 Å². The van der Waals surface area contributed by atoms with Gasteiger partial charge in [0.25, 0.3) is 11.8 Å². The van der Waals surface area contributed by atoms with Gasteiger partial charge in [-0.25, -0.2) is 0 Å². The van der Waals surface area contributed by atoms with Gasteiger partial charge in [0.05, 0.1) is 23.8 Å². The molecule has 2 aliphatic rings. The van der Waals surface area contributed by atoms with Crippen molar-refractivity contribution >= 4 is 11.8 Å². The van der Waals surface area contributed by atoms with Crippen LogP contribution in [0.3, 0.4) is 0 Å². The topological polar surface area (TPSA) is 49.9 Å². The number of benzene rings is 1. The Labute approximate surface area is 100 Å². The number of imide groups is 1. The van der Waals surface area contributed by atoms with Crippen LogP contribution < -0.4 is 0 Å². The maximum absolute atomic E-state index is 11.5. The summed E-state index contributed by atoms with van der Waals surface area (Å²) in [5.41, 5.74) is 1.05. The quantitative estimate of drug-likeness (QED) is 0.548. The van der Waals surface area contributed by atoms with E-state index in [0.29, 0.717) is 23.8 Å². The van der Waals surface area contributed by atoms with Crippen molar-refractivity contribution in [1.82, 2.24) is 4.90 Å². The Balaban J connectivity index is 0.000000228. The van der Waals surface area contributed by atoms with E-state index < -0.39 is 0 Å². The lowest BCUT2D eigenvalue weighted by Gasteiger charge is -2.08. The fourth-order valence-electron chi connectivity index (χ4n) is 1.62. The number of hydrogen-bond acceptors (Lipinski definition) is 3. The van der Waals surface area contributed by atoms with Crippen molar-refractivity contribution in [2.75, 3.05) is 13.2 Å². The summed E-state index contributed by atoms with van der Waals surface area (Å²) >= 11 is 0. The first-order valence-electron chi connectivity index (χ1n) is 5.72. The molecular formula is C13H15NO3. The lowest BCUT2D eigenvalue weighted by atomic mass is 10.1. The molecule has 0 N–H and O–H groups in total. The van der Waals surface area contributed by atoms with Gasteiger partial charge in [-0.3, -0.25) is 14.5 Å². The van der Waals surface area contributed by atoms with Crippen molar-refractivity contribution < 1.29 is 14.3 Å². The lowest BCUT2D eigenvalue weighted by Crippen LogP contribution is -2.29. The minimum absolute atomic E-state index is 0.178. The molecule has 1 atom stereocenters. The molecule has 90 valence electrons. The maximum atomic E-state index is 11.5. The second kappa shape index (κ2) is 4.67. The molecule has 0 bridgehead atoms. The lowest BCUT2D eigenvalue weighted by molar-refractivity contribution is 0.0663. The number of fused-ring (bicyclic) bond motifs is 1. The number of amides is 2. The Kier molecular flexibility index (Phi) is 3.24. The van der Waals surface area contributed by atoms with Crippen molar-refractivity contribution in [2.24, 2.45) is 0 Å². The van der Waals surface area contributed by atoms with Gasteiger partial charge >= 0.3 is 0 Å². The van der Waals surface area contributed by atoms with E-state index in [1.165, 1.54) is 4.90 Å². The molecule has 0 radical (unpaired) electrons. The molecule has 1 fully saturated rings. The highest BCUT2D eigenvalue weighted by atomic mass is 16.6. The van der Waals surface area contributed by atoms with Crippen LogP contribution in [0, 0.1) is 0 Å². The summed E-state index contributed by atoms with van der Waals surface area (Å²) in [4.78, 5) is 24.3. The van der Waals surface area contributed by atoms with Crippen LogP contribution in [0.5, 0.6) is 0 Å². The van der Waals surface area contributed by atoms with Gasteiger partial charge in [0.2, 0.25) is 0 Å². The molecular weight excluding hydrogens is 218 g/mol. The first-order valence-corrected chi connectivity index (χ1v) is 5.72. The molecule has 1 saturated heterocycles. The fourth-order valence-corrected chi connectivity index (χ4v) is 1.62. The van der Waals surface area contributed by atoms with Gasteiger partial charge in [0, 0.05) is 6.54 Å². The van der Waals surface area contributed by atoms with E-state index in [4.69, 9.17) is 4.74 Å². The van der Waals surface area contributed by atoms with E-state index in [-0.39, 0.29) is 11.8 Å². The van der Waals surface area contributed by atoms with E-state index in [1.54, 1.807) is 31.2 Å². The van der Waals surface area contributed by atoms with Gasteiger partial charge in [0.15, 0.2) is 0 Å². The van der Waals surface area contributed by atoms with Crippen LogP contribution in [-0.4, -0.2) is 36.0 Å². The summed E-state index contributed by atoms with van der Waals surface area (Å²) in [6.45, 7) is 5.27. The predicted molar refractivity (Wildman–Crippen MR) is 62.9 cm³/mol. The monoisotopic (exact) mass is 233 g/mol. The Morgan fingerprint density at radius 1 is 1.24 bits per heavy atom. The highest BCUT2D eigenvalue weighted by Gasteiger charge is 2.33. The summed E-state index contributed by atoms with van der Waals surface area (Å²) < 4.78 is 4.71. The minimum atomic E-state index is -0.178. The number of nitrogens with zero attached hydrogens (tertiary/aromatic N) is 1. The molecule has 17 heavy (non-hydrogen) atoms. The highest BCUT2D eigenvalue weighted by Crippen LogP contribution is 2.21. The number of epoxide rings is 1. The summed E-state index contributed by atoms with van der Waals surface area (Å²) in [5, 5.41) is 0. The zero-order valence-electron chi connectivity index (χ0n) is 9.97. The molecule has 0 aliphatic carbocycles. The second-order valence-corrected chi connectivity index (χ2v) is 4.04. The number of rotatable bonds is 1. The summed E-state index contributed by atoms with van der Waals surface area (Å²) in [6.07, 6.45) is 0.583. The number of hydrogen-bond donors (Lipinski definition) is 0. The van der Waals surface area contributed by atoms with Crippen LogP contribution in [0.1, 0.15) is 34.6 Å². The second-order valence-electron chi connectivity index (χ2n) is 4.04. The van der Waals surface area contributed by atoms with Gasteiger partial charge in [-0.1, -0.05) is 12.1 Å². The van der Waals surface area contributed by atoms with E-state index in [0.717, 1.165) is 6.61 Å². The third-order valence-corrected chi connectivity index (χ3v) is 2.69. The zero-order chi connectivity index (χ0) is 12.4. The summed E-state index contributed by atoms with van der Waals surface area (Å²) in [6, 6.07) is 6.91. The summed E-state index contributed by atoms with van der Waals surface area (Å²) in [7, 11) is 0. The molecule has 4 nitrogen and oxygen atoms in total. The molecule has 0 aromatic heterocycles. The van der Waals surface area contributed by atoms with Gasteiger partial charge in [-0.05, 0) is 26.0 Å². The Morgan fingerprint density at radius 3 is 1.94 bits per heavy atom. The van der Waals surface area contributed by atoms with E-state index >= 15 is 0 Å². The first-order chi connectivity index (χ1) is 8.15. The number of carbonyl (C=O) groups is 2. The van der Waals surface area contributed by atoms with Gasteiger partial charge in [0.1, 0.15) is 0 Å². The minimum Gasteiger partial charge on any atom is -0.373 e. The van der Waals surface area contributed by atoms with Crippen molar-refractivity contribution in [2.45, 2.75) is 20.0 Å². The third-order valence-electron chi connectivity index (χ3n) is 2.69. The molecule has 1 aromatic rings.